The van der Waals surface area contributed by atoms with Gasteiger partial charge in [-0.1, -0.05) is 97.1 Å². The Morgan fingerprint density at radius 2 is 0.538 bits per heavy atom. The maximum Gasteiger partial charge on any atom is 0.123 e. The zero-order valence-corrected chi connectivity index (χ0v) is 27.8. The summed E-state index contributed by atoms with van der Waals surface area (Å²) in [5, 5.41) is 11.8. The molecule has 0 amide bonds. The van der Waals surface area contributed by atoms with Gasteiger partial charge in [0, 0.05) is 0 Å². The van der Waals surface area contributed by atoms with E-state index in [1.165, 1.54) is 66.1 Å². The van der Waals surface area contributed by atoms with Crippen molar-refractivity contribution in [3.05, 3.63) is 169 Å². The molecular weight excluding hydrogens is 639 g/mol. The second-order valence-corrected chi connectivity index (χ2v) is 14.3. The summed E-state index contributed by atoms with van der Waals surface area (Å²) in [6, 6.07) is 54.1. The van der Waals surface area contributed by atoms with E-state index in [4.69, 9.17) is 0 Å². The molecule has 0 aromatic heterocycles. The van der Waals surface area contributed by atoms with E-state index in [0.29, 0.717) is 0 Å². The van der Waals surface area contributed by atoms with E-state index in [9.17, 15) is 8.78 Å². The first-order valence-corrected chi connectivity index (χ1v) is 17.7. The SMILES string of the molecule is Fc1ccc(-c2cc3c4cc5c(cc4c(-c4ccc(F)cc4)cc3c3cc4c(cc23)-c2cccc3cccc-4c23)-c2cccc3cccc-5c23)cc1. The summed E-state index contributed by atoms with van der Waals surface area (Å²) in [6.45, 7) is 0. The molecule has 0 bridgehead atoms. The highest BCUT2D eigenvalue weighted by Crippen LogP contribution is 2.53. The van der Waals surface area contributed by atoms with Crippen LogP contribution in [0.2, 0.25) is 0 Å². The highest BCUT2D eigenvalue weighted by atomic mass is 19.1. The maximum absolute atomic E-state index is 14.4. The Labute approximate surface area is 297 Å². The van der Waals surface area contributed by atoms with Crippen molar-refractivity contribution in [1.82, 2.24) is 0 Å². The highest BCUT2D eigenvalue weighted by Gasteiger charge is 2.26. The fraction of sp³-hybridized carbons (Fsp3) is 0. The van der Waals surface area contributed by atoms with Crippen LogP contribution in [0.15, 0.2) is 158 Å². The Hall–Kier alpha value is -6.64. The van der Waals surface area contributed by atoms with Gasteiger partial charge in [0.15, 0.2) is 0 Å². The summed E-state index contributed by atoms with van der Waals surface area (Å²) in [6.07, 6.45) is 0. The van der Waals surface area contributed by atoms with Gasteiger partial charge >= 0.3 is 0 Å². The van der Waals surface area contributed by atoms with Crippen molar-refractivity contribution in [2.24, 2.45) is 0 Å². The van der Waals surface area contributed by atoms with Crippen LogP contribution in [-0.4, -0.2) is 0 Å². The molecule has 2 heteroatoms. The minimum atomic E-state index is -0.254. The number of halogens is 2. The monoisotopic (exact) mass is 664 g/mol. The Morgan fingerprint density at radius 3 is 0.885 bits per heavy atom. The fourth-order valence-electron chi connectivity index (χ4n) is 9.34. The smallest absolute Gasteiger partial charge is 0.123 e. The first kappa shape index (κ1) is 28.1. The molecule has 0 saturated carbocycles. The normalized spacial score (nSPS) is 12.4. The Kier molecular flexibility index (Phi) is 5.40. The topological polar surface area (TPSA) is 0 Å². The molecule has 0 nitrogen and oxygen atoms in total. The summed E-state index contributed by atoms with van der Waals surface area (Å²) in [5.74, 6) is -0.508. The van der Waals surface area contributed by atoms with Crippen molar-refractivity contribution in [2.75, 3.05) is 0 Å². The molecule has 10 aromatic carbocycles. The molecule has 0 atom stereocenters. The van der Waals surface area contributed by atoms with Crippen LogP contribution in [0.1, 0.15) is 0 Å². The Balaban J connectivity index is 1.27. The molecule has 0 heterocycles. The largest absolute Gasteiger partial charge is 0.207 e. The molecule has 0 radical (unpaired) electrons. The van der Waals surface area contributed by atoms with Gasteiger partial charge in [0.1, 0.15) is 11.6 Å². The summed E-state index contributed by atoms with van der Waals surface area (Å²) >= 11 is 0. The number of fused-ring (bicyclic) bond motifs is 11. The van der Waals surface area contributed by atoms with Crippen molar-refractivity contribution < 1.29 is 8.78 Å². The second kappa shape index (κ2) is 9.99. The van der Waals surface area contributed by atoms with E-state index in [1.807, 2.05) is 24.3 Å². The van der Waals surface area contributed by atoms with E-state index in [2.05, 4.69) is 109 Å². The van der Waals surface area contributed by atoms with Gasteiger partial charge in [-0.05, 0) is 181 Å². The molecular formula is C50H26F2. The number of rotatable bonds is 2. The lowest BCUT2D eigenvalue weighted by Crippen LogP contribution is -1.92. The third-order valence-corrected chi connectivity index (χ3v) is 11.6. The number of hydrogen-bond acceptors (Lipinski definition) is 0. The van der Waals surface area contributed by atoms with Crippen molar-refractivity contribution in [3.8, 4) is 66.8 Å². The van der Waals surface area contributed by atoms with Gasteiger partial charge in [-0.3, -0.25) is 0 Å². The molecule has 10 aromatic rings. The maximum atomic E-state index is 14.4. The van der Waals surface area contributed by atoms with Crippen LogP contribution in [0.4, 0.5) is 8.78 Å². The van der Waals surface area contributed by atoms with Crippen LogP contribution in [0.5, 0.6) is 0 Å². The highest BCUT2D eigenvalue weighted by molar-refractivity contribution is 6.29. The third kappa shape index (κ3) is 3.68. The van der Waals surface area contributed by atoms with E-state index >= 15 is 0 Å². The standard InChI is InChI=1S/C50H26F2/c51-31-17-13-27(14-18-31)37-21-46-45(47-25-41-35-11-3-7-29-5-1-9-33(49(29)35)39(41)23-43(37)47)22-38(28-15-19-32(52)20-16-28)44-24-40-34-10-2-6-30-8-4-12-36(50(30)34)42(40)26-48(44)46/h1-26H. The predicted octanol–water partition coefficient (Wildman–Crippen LogP) is 14.4. The van der Waals surface area contributed by atoms with Crippen LogP contribution in [0.3, 0.4) is 0 Å². The van der Waals surface area contributed by atoms with Crippen LogP contribution < -0.4 is 0 Å². The van der Waals surface area contributed by atoms with Gasteiger partial charge in [0.05, 0.1) is 0 Å². The lowest BCUT2D eigenvalue weighted by molar-refractivity contribution is 0.627. The van der Waals surface area contributed by atoms with Gasteiger partial charge < -0.3 is 0 Å². The molecule has 2 aliphatic rings. The first-order chi connectivity index (χ1) is 25.6. The van der Waals surface area contributed by atoms with Crippen molar-refractivity contribution in [1.29, 1.82) is 0 Å². The van der Waals surface area contributed by atoms with Crippen molar-refractivity contribution in [2.45, 2.75) is 0 Å². The van der Waals surface area contributed by atoms with Crippen molar-refractivity contribution >= 4 is 53.9 Å². The fourth-order valence-corrected chi connectivity index (χ4v) is 9.34. The van der Waals surface area contributed by atoms with E-state index in [0.717, 1.165) is 54.6 Å². The van der Waals surface area contributed by atoms with Crippen LogP contribution in [0.25, 0.3) is 121 Å². The van der Waals surface area contributed by atoms with E-state index < -0.39 is 0 Å². The second-order valence-electron chi connectivity index (χ2n) is 14.3. The lowest BCUT2D eigenvalue weighted by Gasteiger charge is -2.19. The van der Waals surface area contributed by atoms with Crippen LogP contribution >= 0.6 is 0 Å². The average Bonchev–Trinajstić information content (AvgIpc) is 3.67. The first-order valence-electron chi connectivity index (χ1n) is 17.7. The molecule has 0 spiro atoms. The average molecular weight is 665 g/mol. The van der Waals surface area contributed by atoms with E-state index in [1.54, 1.807) is 24.3 Å². The Morgan fingerprint density at radius 1 is 0.250 bits per heavy atom. The quantitative estimate of drug-likeness (QED) is 0.161. The Bertz CT molecular complexity index is 2990. The molecule has 0 unspecified atom stereocenters. The zero-order chi connectivity index (χ0) is 34.2. The van der Waals surface area contributed by atoms with Gasteiger partial charge in [0.2, 0.25) is 0 Å². The number of hydrogen-bond donors (Lipinski definition) is 0. The van der Waals surface area contributed by atoms with Crippen LogP contribution in [-0.2, 0) is 0 Å². The summed E-state index contributed by atoms with van der Waals surface area (Å²) in [5.41, 5.74) is 13.9. The van der Waals surface area contributed by atoms with Gasteiger partial charge in [-0.25, -0.2) is 8.78 Å². The third-order valence-electron chi connectivity index (χ3n) is 11.6. The van der Waals surface area contributed by atoms with Gasteiger partial charge in [-0.2, -0.15) is 0 Å². The molecule has 12 rings (SSSR count). The molecule has 52 heavy (non-hydrogen) atoms. The lowest BCUT2D eigenvalue weighted by atomic mass is 9.84. The molecule has 240 valence electrons. The minimum absolute atomic E-state index is 0.254. The van der Waals surface area contributed by atoms with Gasteiger partial charge in [0.25, 0.3) is 0 Å². The van der Waals surface area contributed by atoms with Crippen molar-refractivity contribution in [3.63, 3.8) is 0 Å². The molecule has 0 aliphatic heterocycles. The minimum Gasteiger partial charge on any atom is -0.207 e. The van der Waals surface area contributed by atoms with E-state index in [-0.39, 0.29) is 11.6 Å². The molecule has 0 saturated heterocycles. The number of benzene rings is 10. The zero-order valence-electron chi connectivity index (χ0n) is 27.8. The molecule has 2 aliphatic carbocycles. The van der Waals surface area contributed by atoms with Gasteiger partial charge in [-0.15, -0.1) is 0 Å². The van der Waals surface area contributed by atoms with Crippen LogP contribution in [0, 0.1) is 11.6 Å². The molecule has 0 fully saturated rings. The predicted molar refractivity (Wildman–Crippen MR) is 214 cm³/mol. The molecule has 0 N–H and O–H groups in total. The summed E-state index contributed by atoms with van der Waals surface area (Å²) < 4.78 is 28.8. The summed E-state index contributed by atoms with van der Waals surface area (Å²) in [4.78, 5) is 0. The summed E-state index contributed by atoms with van der Waals surface area (Å²) in [7, 11) is 0.